The number of carbonyl (C=O) groups is 1. The number of aryl methyl sites for hydroxylation is 1. The molecule has 106 valence electrons. The summed E-state index contributed by atoms with van der Waals surface area (Å²) in [5.74, 6) is -0.185. The van der Waals surface area contributed by atoms with Crippen LogP contribution in [0.4, 0.5) is 0 Å². The minimum atomic E-state index is -0.185. The molecular weight excluding hydrogens is 236 g/mol. The Hall–Kier alpha value is -1.31. The number of hydrogen-bond acceptors (Lipinski definition) is 2. The highest BCUT2D eigenvalue weighted by atomic mass is 16.5. The van der Waals surface area contributed by atoms with Crippen LogP contribution in [0.5, 0.6) is 0 Å². The number of unbranched alkanes of at least 4 members (excludes halogenated alkanes) is 5. The maximum Gasteiger partial charge on any atom is 0.338 e. The molecule has 2 heteroatoms. The van der Waals surface area contributed by atoms with Crippen LogP contribution in [0.1, 0.15) is 66.9 Å². The van der Waals surface area contributed by atoms with Gasteiger partial charge in [0.15, 0.2) is 0 Å². The molecule has 1 rings (SSSR count). The van der Waals surface area contributed by atoms with Crippen molar-refractivity contribution in [2.24, 2.45) is 0 Å². The number of benzene rings is 1. The zero-order chi connectivity index (χ0) is 14.1. The molecule has 0 fully saturated rings. The van der Waals surface area contributed by atoms with Gasteiger partial charge in [-0.05, 0) is 37.5 Å². The molecule has 0 amide bonds. The SMILES string of the molecule is CCCCCCCCOC(=O)c1cccc(C)c1C. The van der Waals surface area contributed by atoms with E-state index in [2.05, 4.69) is 6.92 Å². The van der Waals surface area contributed by atoms with Crippen LogP contribution in [-0.2, 0) is 4.74 Å². The second-order valence-corrected chi connectivity index (χ2v) is 5.15. The first kappa shape index (κ1) is 15.7. The van der Waals surface area contributed by atoms with Crippen LogP contribution in [0, 0.1) is 13.8 Å². The Morgan fingerprint density at radius 2 is 1.74 bits per heavy atom. The predicted octanol–water partition coefficient (Wildman–Crippen LogP) is 4.82. The smallest absolute Gasteiger partial charge is 0.338 e. The van der Waals surface area contributed by atoms with Crippen molar-refractivity contribution in [2.45, 2.75) is 59.3 Å². The monoisotopic (exact) mass is 262 g/mol. The van der Waals surface area contributed by atoms with E-state index in [-0.39, 0.29) is 5.97 Å². The fourth-order valence-electron chi connectivity index (χ4n) is 2.10. The minimum absolute atomic E-state index is 0.185. The molecule has 0 saturated carbocycles. The molecule has 0 heterocycles. The van der Waals surface area contributed by atoms with Gasteiger partial charge in [-0.25, -0.2) is 4.79 Å². The van der Waals surface area contributed by atoms with E-state index in [1.54, 1.807) is 0 Å². The van der Waals surface area contributed by atoms with Gasteiger partial charge in [-0.1, -0.05) is 51.2 Å². The highest BCUT2D eigenvalue weighted by molar-refractivity contribution is 5.91. The van der Waals surface area contributed by atoms with E-state index >= 15 is 0 Å². The van der Waals surface area contributed by atoms with Crippen molar-refractivity contribution in [1.82, 2.24) is 0 Å². The topological polar surface area (TPSA) is 26.3 Å². The van der Waals surface area contributed by atoms with Gasteiger partial charge < -0.3 is 4.74 Å². The van der Waals surface area contributed by atoms with E-state index < -0.39 is 0 Å². The molecule has 0 aromatic heterocycles. The van der Waals surface area contributed by atoms with Gasteiger partial charge in [-0.3, -0.25) is 0 Å². The highest BCUT2D eigenvalue weighted by Crippen LogP contribution is 2.14. The summed E-state index contributed by atoms with van der Waals surface area (Å²) in [6.07, 6.45) is 7.24. The standard InChI is InChI=1S/C17H26O2/c1-4-5-6-7-8-9-13-19-17(18)16-12-10-11-14(2)15(16)3/h10-12H,4-9,13H2,1-3H3. The van der Waals surface area contributed by atoms with Gasteiger partial charge in [0, 0.05) is 0 Å². The summed E-state index contributed by atoms with van der Waals surface area (Å²) in [4.78, 5) is 11.9. The molecule has 0 radical (unpaired) electrons. The third kappa shape index (κ3) is 5.46. The third-order valence-electron chi connectivity index (χ3n) is 3.56. The zero-order valence-electron chi connectivity index (χ0n) is 12.5. The molecule has 0 spiro atoms. The molecule has 0 bridgehead atoms. The second kappa shape index (κ2) is 8.73. The first-order valence-corrected chi connectivity index (χ1v) is 7.40. The Kier molecular flexibility index (Phi) is 7.24. The van der Waals surface area contributed by atoms with Crippen LogP contribution in [0.25, 0.3) is 0 Å². The Balaban J connectivity index is 2.26. The van der Waals surface area contributed by atoms with Crippen molar-refractivity contribution >= 4 is 5.97 Å². The summed E-state index contributed by atoms with van der Waals surface area (Å²) >= 11 is 0. The van der Waals surface area contributed by atoms with Gasteiger partial charge in [0.1, 0.15) is 0 Å². The van der Waals surface area contributed by atoms with Crippen LogP contribution in [0.2, 0.25) is 0 Å². The normalized spacial score (nSPS) is 10.5. The summed E-state index contributed by atoms with van der Waals surface area (Å²) in [6.45, 7) is 6.74. The third-order valence-corrected chi connectivity index (χ3v) is 3.56. The first-order chi connectivity index (χ1) is 9.16. The average molecular weight is 262 g/mol. The lowest BCUT2D eigenvalue weighted by atomic mass is 10.0. The fraction of sp³-hybridized carbons (Fsp3) is 0.588. The van der Waals surface area contributed by atoms with Gasteiger partial charge in [0.05, 0.1) is 12.2 Å². The van der Waals surface area contributed by atoms with Crippen LogP contribution >= 0.6 is 0 Å². The Morgan fingerprint density at radius 1 is 1.05 bits per heavy atom. The largest absolute Gasteiger partial charge is 0.462 e. The van der Waals surface area contributed by atoms with Crippen LogP contribution < -0.4 is 0 Å². The molecule has 0 saturated heterocycles. The summed E-state index contributed by atoms with van der Waals surface area (Å²) < 4.78 is 5.33. The lowest BCUT2D eigenvalue weighted by molar-refractivity contribution is 0.0496. The van der Waals surface area contributed by atoms with Crippen LogP contribution in [0.15, 0.2) is 18.2 Å². The lowest BCUT2D eigenvalue weighted by Gasteiger charge is -2.08. The van der Waals surface area contributed by atoms with E-state index in [9.17, 15) is 4.79 Å². The molecular formula is C17H26O2. The Morgan fingerprint density at radius 3 is 2.47 bits per heavy atom. The van der Waals surface area contributed by atoms with Crippen molar-refractivity contribution in [3.8, 4) is 0 Å². The quantitative estimate of drug-likeness (QED) is 0.496. The second-order valence-electron chi connectivity index (χ2n) is 5.15. The van der Waals surface area contributed by atoms with Crippen LogP contribution in [0.3, 0.4) is 0 Å². The van der Waals surface area contributed by atoms with Crippen LogP contribution in [-0.4, -0.2) is 12.6 Å². The van der Waals surface area contributed by atoms with Gasteiger partial charge in [0.25, 0.3) is 0 Å². The Labute approximate surface area is 117 Å². The number of ether oxygens (including phenoxy) is 1. The van der Waals surface area contributed by atoms with Crippen molar-refractivity contribution in [3.63, 3.8) is 0 Å². The first-order valence-electron chi connectivity index (χ1n) is 7.40. The number of hydrogen-bond donors (Lipinski definition) is 0. The summed E-state index contributed by atoms with van der Waals surface area (Å²) in [7, 11) is 0. The van der Waals surface area contributed by atoms with E-state index in [0.717, 1.165) is 24.0 Å². The zero-order valence-corrected chi connectivity index (χ0v) is 12.5. The maximum atomic E-state index is 11.9. The summed E-state index contributed by atoms with van der Waals surface area (Å²) in [5.41, 5.74) is 2.86. The molecule has 0 atom stereocenters. The molecule has 0 aliphatic heterocycles. The van der Waals surface area contributed by atoms with E-state index in [1.165, 1.54) is 25.7 Å². The van der Waals surface area contributed by atoms with Gasteiger partial charge in [-0.15, -0.1) is 0 Å². The molecule has 0 N–H and O–H groups in total. The van der Waals surface area contributed by atoms with Gasteiger partial charge in [-0.2, -0.15) is 0 Å². The van der Waals surface area contributed by atoms with Crippen molar-refractivity contribution in [3.05, 3.63) is 34.9 Å². The predicted molar refractivity (Wildman–Crippen MR) is 79.6 cm³/mol. The number of esters is 1. The lowest BCUT2D eigenvalue weighted by Crippen LogP contribution is -2.08. The van der Waals surface area contributed by atoms with Crippen molar-refractivity contribution < 1.29 is 9.53 Å². The average Bonchev–Trinajstić information content (AvgIpc) is 2.40. The Bertz CT molecular complexity index is 396. The fourth-order valence-corrected chi connectivity index (χ4v) is 2.10. The molecule has 1 aromatic carbocycles. The van der Waals surface area contributed by atoms with Gasteiger partial charge in [0.2, 0.25) is 0 Å². The van der Waals surface area contributed by atoms with E-state index in [0.29, 0.717) is 12.2 Å². The van der Waals surface area contributed by atoms with Crippen molar-refractivity contribution in [1.29, 1.82) is 0 Å². The van der Waals surface area contributed by atoms with Crippen molar-refractivity contribution in [2.75, 3.05) is 6.61 Å². The molecule has 0 aliphatic rings. The minimum Gasteiger partial charge on any atom is -0.462 e. The van der Waals surface area contributed by atoms with Gasteiger partial charge >= 0.3 is 5.97 Å². The highest BCUT2D eigenvalue weighted by Gasteiger charge is 2.10. The number of carbonyl (C=O) groups excluding carboxylic acids is 1. The number of rotatable bonds is 8. The molecule has 0 unspecified atom stereocenters. The molecule has 1 aromatic rings. The maximum absolute atomic E-state index is 11.9. The summed E-state index contributed by atoms with van der Waals surface area (Å²) in [5, 5.41) is 0. The molecule has 19 heavy (non-hydrogen) atoms. The van der Waals surface area contributed by atoms with E-state index in [4.69, 9.17) is 4.74 Å². The summed E-state index contributed by atoms with van der Waals surface area (Å²) in [6, 6.07) is 5.76. The molecule has 2 nitrogen and oxygen atoms in total. The van der Waals surface area contributed by atoms with E-state index in [1.807, 2.05) is 32.0 Å². The molecule has 0 aliphatic carbocycles.